The smallest absolute Gasteiger partial charge is 0.228 e. The van der Waals surface area contributed by atoms with Gasteiger partial charge in [0.25, 0.3) is 0 Å². The Labute approximate surface area is 298 Å². The van der Waals surface area contributed by atoms with Crippen molar-refractivity contribution < 1.29 is 29.6 Å². The summed E-state index contributed by atoms with van der Waals surface area (Å²) in [6, 6.07) is 20.5. The fraction of sp³-hybridized carbons (Fsp3) is 0.421. The predicted octanol–water partition coefficient (Wildman–Crippen LogP) is 5.90. The zero-order chi connectivity index (χ0) is 35.1. The highest BCUT2D eigenvalue weighted by Crippen LogP contribution is 2.30. The van der Waals surface area contributed by atoms with Gasteiger partial charge in [0.1, 0.15) is 5.75 Å². The third kappa shape index (κ3) is 11.0. The molecule has 0 unspecified atom stereocenters. The maximum Gasteiger partial charge on any atom is 0.228 e. The molecule has 5 N–H and O–H groups in total. The van der Waals surface area contributed by atoms with Crippen LogP contribution in [0.25, 0.3) is 0 Å². The Morgan fingerprint density at radius 3 is 2.62 bits per heavy atom. The maximum atomic E-state index is 12.8. The Kier molecular flexibility index (Phi) is 14.5. The van der Waals surface area contributed by atoms with E-state index < -0.39 is 6.10 Å². The number of aryl methyl sites for hydroxylation is 1. The first-order valence-electron chi connectivity index (χ1n) is 17.3. The van der Waals surface area contributed by atoms with Crippen molar-refractivity contribution in [2.75, 3.05) is 48.9 Å². The number of thioether (sulfide) groups is 1. The van der Waals surface area contributed by atoms with Gasteiger partial charge in [0.05, 0.1) is 50.5 Å². The number of aromatic hydroxyl groups is 1. The number of ether oxygens (including phenoxy) is 2. The van der Waals surface area contributed by atoms with Gasteiger partial charge in [-0.3, -0.25) is 9.69 Å². The number of fused-ring (bicyclic) bond motifs is 1. The first kappa shape index (κ1) is 37.3. The van der Waals surface area contributed by atoms with Crippen molar-refractivity contribution in [1.29, 1.82) is 0 Å². The maximum absolute atomic E-state index is 12.8. The summed E-state index contributed by atoms with van der Waals surface area (Å²) in [7, 11) is 0. The molecule has 2 heterocycles. The summed E-state index contributed by atoms with van der Waals surface area (Å²) in [5, 5.41) is 37.1. The molecule has 3 aromatic carbocycles. The number of anilines is 3. The zero-order valence-electron chi connectivity index (χ0n) is 28.7. The SMILES string of the molecule is CC(=O)N(c1cccc(COCCOCCCCCCNC[C@@H](O)c2ccc(O)c(CO)c2)c1)c1cccc(NCc2cn3c(n2)SCC3)c1. The monoisotopic (exact) mass is 703 g/mol. The van der Waals surface area contributed by atoms with E-state index in [0.29, 0.717) is 50.6 Å². The van der Waals surface area contributed by atoms with Crippen molar-refractivity contribution in [2.45, 2.75) is 70.2 Å². The Morgan fingerprint density at radius 2 is 1.80 bits per heavy atom. The molecular weight excluding hydrogens is 655 g/mol. The van der Waals surface area contributed by atoms with E-state index in [4.69, 9.17) is 14.5 Å². The molecule has 268 valence electrons. The van der Waals surface area contributed by atoms with E-state index >= 15 is 0 Å². The molecule has 0 fully saturated rings. The fourth-order valence-electron chi connectivity index (χ4n) is 5.81. The lowest BCUT2D eigenvalue weighted by Gasteiger charge is -2.23. The molecule has 4 aromatic rings. The first-order valence-corrected chi connectivity index (χ1v) is 18.3. The molecule has 1 aliphatic rings. The van der Waals surface area contributed by atoms with E-state index in [0.717, 1.165) is 78.0 Å². The molecule has 0 saturated heterocycles. The summed E-state index contributed by atoms with van der Waals surface area (Å²) >= 11 is 1.78. The second-order valence-electron chi connectivity index (χ2n) is 12.3. The van der Waals surface area contributed by atoms with Gasteiger partial charge in [0, 0.05) is 55.5 Å². The number of carbonyl (C=O) groups is 1. The van der Waals surface area contributed by atoms with Gasteiger partial charge in [-0.05, 0) is 73.0 Å². The van der Waals surface area contributed by atoms with Crippen LogP contribution in [0, 0.1) is 0 Å². The van der Waals surface area contributed by atoms with Crippen LogP contribution in [-0.2, 0) is 40.6 Å². The summed E-state index contributed by atoms with van der Waals surface area (Å²) in [5.74, 6) is 1.04. The number of carbonyl (C=O) groups excluding carboxylic acids is 1. The van der Waals surface area contributed by atoms with Crippen LogP contribution in [0.3, 0.4) is 0 Å². The van der Waals surface area contributed by atoms with Crippen LogP contribution in [-0.4, -0.2) is 69.4 Å². The molecule has 0 radical (unpaired) electrons. The van der Waals surface area contributed by atoms with Crippen molar-refractivity contribution in [1.82, 2.24) is 14.9 Å². The van der Waals surface area contributed by atoms with E-state index in [1.807, 2.05) is 48.5 Å². The van der Waals surface area contributed by atoms with Crippen molar-refractivity contribution in [3.05, 3.63) is 95.3 Å². The van der Waals surface area contributed by atoms with E-state index in [1.54, 1.807) is 35.7 Å². The molecule has 5 rings (SSSR count). The number of aliphatic hydroxyl groups excluding tert-OH is 2. The lowest BCUT2D eigenvalue weighted by atomic mass is 10.1. The summed E-state index contributed by atoms with van der Waals surface area (Å²) < 4.78 is 13.8. The number of benzene rings is 3. The number of phenols is 1. The predicted molar refractivity (Wildman–Crippen MR) is 197 cm³/mol. The quantitative estimate of drug-likeness (QED) is 0.0667. The Morgan fingerprint density at radius 1 is 1.00 bits per heavy atom. The van der Waals surface area contributed by atoms with Gasteiger partial charge in [0.2, 0.25) is 5.91 Å². The van der Waals surface area contributed by atoms with Crippen LogP contribution in [0.4, 0.5) is 17.1 Å². The van der Waals surface area contributed by atoms with Gasteiger partial charge < -0.3 is 40.0 Å². The highest BCUT2D eigenvalue weighted by atomic mass is 32.2. The third-order valence-corrected chi connectivity index (χ3v) is 9.41. The lowest BCUT2D eigenvalue weighted by Crippen LogP contribution is -2.23. The first-order chi connectivity index (χ1) is 24.4. The van der Waals surface area contributed by atoms with Crippen molar-refractivity contribution >= 4 is 34.7 Å². The minimum absolute atomic E-state index is 0.0312. The number of aliphatic hydroxyl groups is 2. The Balaban J connectivity index is 0.944. The van der Waals surface area contributed by atoms with Crippen LogP contribution in [0.1, 0.15) is 61.1 Å². The van der Waals surface area contributed by atoms with Crippen molar-refractivity contribution in [3.63, 3.8) is 0 Å². The number of imidazole rings is 1. The third-order valence-electron chi connectivity index (χ3n) is 8.44. The minimum atomic E-state index is -0.694. The fourth-order valence-corrected chi connectivity index (χ4v) is 6.77. The summed E-state index contributed by atoms with van der Waals surface area (Å²) in [4.78, 5) is 19.2. The van der Waals surface area contributed by atoms with Crippen molar-refractivity contribution in [2.24, 2.45) is 0 Å². The van der Waals surface area contributed by atoms with E-state index in [-0.39, 0.29) is 18.3 Å². The van der Waals surface area contributed by atoms with Gasteiger partial charge in [-0.1, -0.05) is 48.9 Å². The molecule has 0 saturated carbocycles. The molecule has 0 aliphatic carbocycles. The van der Waals surface area contributed by atoms with E-state index in [1.165, 1.54) is 6.07 Å². The summed E-state index contributed by atoms with van der Waals surface area (Å²) in [6.07, 6.45) is 5.52. The number of rotatable bonds is 21. The lowest BCUT2D eigenvalue weighted by molar-refractivity contribution is -0.115. The van der Waals surface area contributed by atoms with Gasteiger partial charge in [-0.25, -0.2) is 4.98 Å². The van der Waals surface area contributed by atoms with Gasteiger partial charge >= 0.3 is 0 Å². The molecular formula is C38H49N5O6S. The normalized spacial score (nSPS) is 12.9. The molecule has 1 aliphatic heterocycles. The average molecular weight is 704 g/mol. The Bertz CT molecular complexity index is 1640. The number of unbranched alkanes of at least 4 members (excludes halogenated alkanes) is 3. The van der Waals surface area contributed by atoms with Gasteiger partial charge in [-0.15, -0.1) is 0 Å². The Hall–Kier alpha value is -3.91. The van der Waals surface area contributed by atoms with Crippen LogP contribution in [0.15, 0.2) is 78.1 Å². The van der Waals surface area contributed by atoms with E-state index in [2.05, 4.69) is 21.4 Å². The minimum Gasteiger partial charge on any atom is -0.508 e. The summed E-state index contributed by atoms with van der Waals surface area (Å²) in [6.45, 7) is 6.26. The molecule has 0 spiro atoms. The standard InChI is InChI=1S/C38H49N5O6S/c1-28(45)43(35-11-7-9-32(22-35)40-23-33-25-42-15-19-50-38(42)41-33)34-10-6-8-29(20-34)27-49-18-17-48-16-5-3-2-4-14-39-24-37(47)30-12-13-36(46)31(21-30)26-44/h6-13,20-22,25,37,39-40,44,46-47H,2-5,14-19,23-24,26-27H2,1H3/t37-/m1/s1. The largest absolute Gasteiger partial charge is 0.508 e. The molecule has 1 aromatic heterocycles. The van der Waals surface area contributed by atoms with Crippen LogP contribution in [0.2, 0.25) is 0 Å². The molecule has 11 nitrogen and oxygen atoms in total. The van der Waals surface area contributed by atoms with Crippen LogP contribution < -0.4 is 15.5 Å². The zero-order valence-corrected chi connectivity index (χ0v) is 29.5. The molecule has 50 heavy (non-hydrogen) atoms. The van der Waals surface area contributed by atoms with Crippen molar-refractivity contribution in [3.8, 4) is 5.75 Å². The number of amides is 1. The highest BCUT2D eigenvalue weighted by Gasteiger charge is 2.17. The van der Waals surface area contributed by atoms with Crippen LogP contribution in [0.5, 0.6) is 5.75 Å². The molecule has 0 bridgehead atoms. The number of aromatic nitrogens is 2. The highest BCUT2D eigenvalue weighted by molar-refractivity contribution is 7.99. The summed E-state index contributed by atoms with van der Waals surface area (Å²) in [5.41, 5.74) is 5.56. The topological polar surface area (TPSA) is 141 Å². The molecule has 12 heteroatoms. The second kappa shape index (κ2) is 19.5. The van der Waals surface area contributed by atoms with E-state index in [9.17, 15) is 20.1 Å². The number of nitrogens with one attached hydrogen (secondary N) is 2. The second-order valence-corrected chi connectivity index (χ2v) is 13.4. The van der Waals surface area contributed by atoms with Crippen LogP contribution >= 0.6 is 11.8 Å². The number of hydrogen-bond acceptors (Lipinski definition) is 10. The number of nitrogens with zero attached hydrogens (tertiary/aromatic N) is 3. The van der Waals surface area contributed by atoms with Gasteiger partial charge in [0.15, 0.2) is 5.16 Å². The average Bonchev–Trinajstić information content (AvgIpc) is 3.72. The van der Waals surface area contributed by atoms with Gasteiger partial charge in [-0.2, -0.15) is 0 Å². The number of hydrogen-bond donors (Lipinski definition) is 5. The molecule has 1 amide bonds. The molecule has 1 atom stereocenters.